The summed E-state index contributed by atoms with van der Waals surface area (Å²) in [6.07, 6.45) is 0.303. The molecule has 21 heavy (non-hydrogen) atoms. The number of carboxylic acid groups (broad SMARTS) is 1. The highest BCUT2D eigenvalue weighted by atomic mass is 16.4. The topological polar surface area (TPSA) is 97.8 Å². The smallest absolute Gasteiger partial charge is 0.362 e. The van der Waals surface area contributed by atoms with Crippen LogP contribution in [0.2, 0.25) is 0 Å². The van der Waals surface area contributed by atoms with E-state index in [4.69, 9.17) is 5.11 Å². The lowest BCUT2D eigenvalue weighted by Crippen LogP contribution is -2.65. The summed E-state index contributed by atoms with van der Waals surface area (Å²) < 4.78 is 0. The molecule has 0 aliphatic rings. The Balaban J connectivity index is 2.17. The van der Waals surface area contributed by atoms with Gasteiger partial charge in [-0.2, -0.15) is 0 Å². The number of pyridine rings is 1. The van der Waals surface area contributed by atoms with Gasteiger partial charge in [-0.15, -0.1) is 0 Å². The number of aliphatic carboxylic acids is 1. The van der Waals surface area contributed by atoms with E-state index in [2.05, 4.69) is 10.7 Å². The van der Waals surface area contributed by atoms with Crippen LogP contribution in [0.25, 0.3) is 21.8 Å². The molecule has 0 amide bonds. The van der Waals surface area contributed by atoms with Crippen LogP contribution < -0.4 is 11.2 Å². The van der Waals surface area contributed by atoms with Crippen molar-refractivity contribution in [2.75, 3.05) is 0 Å². The number of nitrogens with one attached hydrogen (secondary N) is 1. The summed E-state index contributed by atoms with van der Waals surface area (Å²) in [6, 6.07) is 12.0. The van der Waals surface area contributed by atoms with Gasteiger partial charge in [-0.05, 0) is 29.8 Å². The molecule has 0 saturated heterocycles. The molecule has 1 heterocycles. The Morgan fingerprint density at radius 1 is 1.14 bits per heavy atom. The molecule has 0 radical (unpaired) electrons. The normalized spacial score (nSPS) is 12.6. The van der Waals surface area contributed by atoms with Gasteiger partial charge in [-0.25, -0.2) is 4.79 Å². The highest BCUT2D eigenvalue weighted by Gasteiger charge is 2.16. The Morgan fingerprint density at radius 3 is 2.62 bits per heavy atom. The first-order chi connectivity index (χ1) is 10.1. The minimum Gasteiger partial charge on any atom is -0.477 e. The quantitative estimate of drug-likeness (QED) is 0.623. The summed E-state index contributed by atoms with van der Waals surface area (Å²) in [4.78, 5) is 26.6. The zero-order valence-corrected chi connectivity index (χ0v) is 11.3. The Labute approximate surface area is 120 Å². The number of para-hydroxylation sites is 1. The van der Waals surface area contributed by atoms with Gasteiger partial charge >= 0.3 is 5.97 Å². The fourth-order valence-corrected chi connectivity index (χ4v) is 2.47. The van der Waals surface area contributed by atoms with Gasteiger partial charge in [0.15, 0.2) is 11.5 Å². The van der Waals surface area contributed by atoms with Crippen LogP contribution in [0.4, 0.5) is 0 Å². The van der Waals surface area contributed by atoms with Crippen molar-refractivity contribution in [2.24, 2.45) is 0 Å². The van der Waals surface area contributed by atoms with Crippen LogP contribution >= 0.6 is 0 Å². The van der Waals surface area contributed by atoms with E-state index in [0.29, 0.717) is 17.2 Å². The highest BCUT2D eigenvalue weighted by Crippen LogP contribution is 2.16. The molecule has 0 aliphatic heterocycles. The molecule has 5 N–H and O–H groups in total. The number of rotatable bonds is 3. The van der Waals surface area contributed by atoms with Gasteiger partial charge in [0.1, 0.15) is 0 Å². The van der Waals surface area contributed by atoms with Crippen molar-refractivity contribution in [2.45, 2.75) is 12.5 Å². The van der Waals surface area contributed by atoms with Gasteiger partial charge < -0.3 is 15.8 Å². The first-order valence-corrected chi connectivity index (χ1v) is 6.66. The molecule has 0 unspecified atom stereocenters. The summed E-state index contributed by atoms with van der Waals surface area (Å²) in [5.74, 6) is -0.942. The van der Waals surface area contributed by atoms with Crippen molar-refractivity contribution >= 4 is 27.8 Å². The molecule has 2 aromatic carbocycles. The van der Waals surface area contributed by atoms with E-state index in [9.17, 15) is 9.59 Å². The summed E-state index contributed by atoms with van der Waals surface area (Å²) in [6.45, 7) is 0. The number of carbonyl (C=O) groups is 1. The second kappa shape index (κ2) is 5.03. The molecule has 3 rings (SSSR count). The minimum atomic E-state index is -0.942. The van der Waals surface area contributed by atoms with Gasteiger partial charge in [-0.1, -0.05) is 18.2 Å². The van der Waals surface area contributed by atoms with E-state index in [1.165, 1.54) is 0 Å². The van der Waals surface area contributed by atoms with Crippen LogP contribution in [0, 0.1) is 0 Å². The molecule has 1 aromatic heterocycles. The maximum Gasteiger partial charge on any atom is 0.362 e. The second-order valence-electron chi connectivity index (χ2n) is 5.12. The Morgan fingerprint density at radius 2 is 1.86 bits per heavy atom. The first-order valence-electron chi connectivity index (χ1n) is 6.66. The predicted molar refractivity (Wildman–Crippen MR) is 80.1 cm³/mol. The van der Waals surface area contributed by atoms with E-state index in [-0.39, 0.29) is 5.43 Å². The average molecular weight is 283 g/mol. The number of hydrogen-bond donors (Lipinski definition) is 3. The maximum absolute atomic E-state index is 12.5. The number of aromatic nitrogens is 1. The fourth-order valence-electron chi connectivity index (χ4n) is 2.47. The van der Waals surface area contributed by atoms with Gasteiger partial charge in [0.2, 0.25) is 0 Å². The number of aromatic amines is 1. The molecule has 106 valence electrons. The average Bonchev–Trinajstić information content (AvgIpc) is 2.48. The number of H-pyrrole nitrogens is 1. The lowest BCUT2D eigenvalue weighted by Gasteiger charge is -2.06. The largest absolute Gasteiger partial charge is 0.477 e. The summed E-state index contributed by atoms with van der Waals surface area (Å²) >= 11 is 0. The maximum atomic E-state index is 12.5. The van der Waals surface area contributed by atoms with E-state index in [1.807, 2.05) is 30.3 Å². The van der Waals surface area contributed by atoms with Gasteiger partial charge in [0, 0.05) is 28.2 Å². The number of hydrogen-bond acceptors (Lipinski definition) is 2. The summed E-state index contributed by atoms with van der Waals surface area (Å²) in [5, 5.41) is 10.1. The highest BCUT2D eigenvalue weighted by molar-refractivity contribution is 5.92. The molecule has 5 nitrogen and oxygen atoms in total. The molecule has 0 fully saturated rings. The number of carboxylic acids is 1. The number of quaternary nitrogens is 1. The van der Waals surface area contributed by atoms with Crippen LogP contribution in [0.15, 0.2) is 47.3 Å². The predicted octanol–water partition coefficient (Wildman–Crippen LogP) is 0.919. The molecule has 1 atom stereocenters. The van der Waals surface area contributed by atoms with Crippen molar-refractivity contribution in [1.29, 1.82) is 0 Å². The molecule has 0 saturated carbocycles. The molecular weight excluding hydrogens is 268 g/mol. The third-order valence-corrected chi connectivity index (χ3v) is 3.60. The van der Waals surface area contributed by atoms with Crippen LogP contribution in [0.3, 0.4) is 0 Å². The van der Waals surface area contributed by atoms with Crippen molar-refractivity contribution in [1.82, 2.24) is 4.98 Å². The molecule has 5 heteroatoms. The minimum absolute atomic E-state index is 0.0443. The van der Waals surface area contributed by atoms with E-state index in [0.717, 1.165) is 16.6 Å². The lowest BCUT2D eigenvalue weighted by molar-refractivity contribution is -0.407. The molecule has 3 aromatic rings. The van der Waals surface area contributed by atoms with Gasteiger partial charge in [0.05, 0.1) is 0 Å². The van der Waals surface area contributed by atoms with Crippen LogP contribution in [-0.4, -0.2) is 22.1 Å². The summed E-state index contributed by atoms with van der Waals surface area (Å²) in [7, 11) is 0. The van der Waals surface area contributed by atoms with E-state index < -0.39 is 12.0 Å². The second-order valence-corrected chi connectivity index (χ2v) is 5.12. The molecular formula is C16H15N2O3+. The van der Waals surface area contributed by atoms with Crippen LogP contribution in [-0.2, 0) is 11.2 Å². The molecule has 0 aliphatic carbocycles. The zero-order valence-electron chi connectivity index (χ0n) is 11.3. The van der Waals surface area contributed by atoms with Crippen LogP contribution in [0.1, 0.15) is 5.56 Å². The Hall–Kier alpha value is -2.66. The SMILES string of the molecule is [NH3+][C@@H](Cc1ccc2[nH]c3ccccc3c(=O)c2c1)C(=O)O. The van der Waals surface area contributed by atoms with E-state index >= 15 is 0 Å². The van der Waals surface area contributed by atoms with Crippen molar-refractivity contribution < 1.29 is 15.6 Å². The molecule has 0 spiro atoms. The van der Waals surface area contributed by atoms with Gasteiger partial charge in [0.25, 0.3) is 0 Å². The van der Waals surface area contributed by atoms with Crippen molar-refractivity contribution in [3.8, 4) is 0 Å². The zero-order chi connectivity index (χ0) is 15.0. The number of fused-ring (bicyclic) bond motifs is 2. The monoisotopic (exact) mass is 283 g/mol. The van der Waals surface area contributed by atoms with E-state index in [1.54, 1.807) is 12.1 Å². The fraction of sp³-hybridized carbons (Fsp3) is 0.125. The molecule has 0 bridgehead atoms. The third kappa shape index (κ3) is 2.39. The Bertz CT molecular complexity index is 899. The van der Waals surface area contributed by atoms with Crippen molar-refractivity contribution in [3.05, 3.63) is 58.3 Å². The number of benzene rings is 2. The first kappa shape index (κ1) is 13.3. The van der Waals surface area contributed by atoms with Crippen LogP contribution in [0.5, 0.6) is 0 Å². The third-order valence-electron chi connectivity index (χ3n) is 3.60. The Kier molecular flexibility index (Phi) is 3.19. The summed E-state index contributed by atoms with van der Waals surface area (Å²) in [5.41, 5.74) is 5.90. The standard InChI is InChI=1S/C16H14N2O3/c17-12(16(20)21)8-9-5-6-14-11(7-9)15(19)10-3-1-2-4-13(10)18-14/h1-7,12H,8,17H2,(H,18,19)(H,20,21)/p+1/t12-/m0/s1. The van der Waals surface area contributed by atoms with Gasteiger partial charge in [-0.3, -0.25) is 4.79 Å². The van der Waals surface area contributed by atoms with Crippen molar-refractivity contribution in [3.63, 3.8) is 0 Å². The lowest BCUT2D eigenvalue weighted by atomic mass is 10.0.